The highest BCUT2D eigenvalue weighted by Gasteiger charge is 2.14. The van der Waals surface area contributed by atoms with Gasteiger partial charge >= 0.3 is 5.97 Å². The van der Waals surface area contributed by atoms with Crippen LogP contribution in [-0.4, -0.2) is 43.1 Å². The van der Waals surface area contributed by atoms with Gasteiger partial charge in [0, 0.05) is 12.6 Å². The summed E-state index contributed by atoms with van der Waals surface area (Å²) in [6.07, 6.45) is 3.19. The number of thioether (sulfide) groups is 1. The molecule has 0 aromatic heterocycles. The molecule has 0 amide bonds. The van der Waals surface area contributed by atoms with Crippen LogP contribution in [-0.2, 0) is 11.3 Å². The van der Waals surface area contributed by atoms with Crippen molar-refractivity contribution in [3.8, 4) is 0 Å². The van der Waals surface area contributed by atoms with Crippen molar-refractivity contribution in [2.75, 3.05) is 26.2 Å². The lowest BCUT2D eigenvalue weighted by molar-refractivity contribution is 0.0595. The van der Waals surface area contributed by atoms with E-state index >= 15 is 0 Å². The Hall–Kier alpha value is -1.07. The summed E-state index contributed by atoms with van der Waals surface area (Å²) in [7, 11) is 3.27. The number of halogens is 1. The first kappa shape index (κ1) is 17.0. The van der Waals surface area contributed by atoms with Gasteiger partial charge in [-0.3, -0.25) is 4.90 Å². The smallest absolute Gasteiger partial charge is 0.340 e. The average molecular weight is 299 g/mol. The van der Waals surface area contributed by atoms with Gasteiger partial charge in [-0.2, -0.15) is 11.8 Å². The Bertz CT molecular complexity index is 453. The third-order valence-electron chi connectivity index (χ3n) is 3.36. The number of carbonyl (C=O) groups excluding carboxylic acids is 1. The largest absolute Gasteiger partial charge is 0.465 e. The molecule has 1 aromatic carbocycles. The fourth-order valence-electron chi connectivity index (χ4n) is 1.89. The zero-order chi connectivity index (χ0) is 15.1. The van der Waals surface area contributed by atoms with Gasteiger partial charge in [-0.05, 0) is 50.1 Å². The molecular weight excluding hydrogens is 277 g/mol. The number of carbonyl (C=O) groups is 1. The van der Waals surface area contributed by atoms with Crippen molar-refractivity contribution in [2.24, 2.45) is 0 Å². The molecule has 1 unspecified atom stereocenters. The van der Waals surface area contributed by atoms with E-state index in [9.17, 15) is 9.18 Å². The number of rotatable bonds is 7. The Morgan fingerprint density at radius 3 is 2.75 bits per heavy atom. The molecule has 0 aliphatic rings. The van der Waals surface area contributed by atoms with Gasteiger partial charge in [0.2, 0.25) is 0 Å². The van der Waals surface area contributed by atoms with Gasteiger partial charge in [-0.15, -0.1) is 0 Å². The minimum atomic E-state index is -0.643. The molecule has 0 saturated heterocycles. The predicted molar refractivity (Wildman–Crippen MR) is 81.7 cm³/mol. The molecule has 1 rings (SSSR count). The SMILES string of the molecule is COC(=O)c1ccc(CN(C)C(C)CCSC)cc1F. The maximum Gasteiger partial charge on any atom is 0.340 e. The van der Waals surface area contributed by atoms with Crippen LogP contribution in [0.25, 0.3) is 0 Å². The second-order valence-corrected chi connectivity index (χ2v) is 5.84. The van der Waals surface area contributed by atoms with Gasteiger partial charge in [0.25, 0.3) is 0 Å². The minimum Gasteiger partial charge on any atom is -0.465 e. The number of ether oxygens (including phenoxy) is 1. The van der Waals surface area contributed by atoms with E-state index in [1.807, 2.05) is 18.8 Å². The molecule has 20 heavy (non-hydrogen) atoms. The molecule has 5 heteroatoms. The van der Waals surface area contributed by atoms with Crippen molar-refractivity contribution in [3.63, 3.8) is 0 Å². The highest BCUT2D eigenvalue weighted by molar-refractivity contribution is 7.98. The summed E-state index contributed by atoms with van der Waals surface area (Å²) in [6.45, 7) is 2.82. The van der Waals surface area contributed by atoms with Crippen molar-refractivity contribution >= 4 is 17.7 Å². The van der Waals surface area contributed by atoms with Crippen molar-refractivity contribution < 1.29 is 13.9 Å². The van der Waals surface area contributed by atoms with Gasteiger partial charge in [0.05, 0.1) is 12.7 Å². The minimum absolute atomic E-state index is 0.0191. The van der Waals surface area contributed by atoms with E-state index < -0.39 is 11.8 Å². The Morgan fingerprint density at radius 2 is 2.20 bits per heavy atom. The fourth-order valence-corrected chi connectivity index (χ4v) is 2.46. The number of hydrogen-bond acceptors (Lipinski definition) is 4. The Labute approximate surface area is 124 Å². The van der Waals surface area contributed by atoms with Crippen molar-refractivity contribution in [1.82, 2.24) is 4.90 Å². The second-order valence-electron chi connectivity index (χ2n) is 4.85. The fraction of sp³-hybridized carbons (Fsp3) is 0.533. The van der Waals surface area contributed by atoms with Gasteiger partial charge in [-0.1, -0.05) is 6.07 Å². The Balaban J connectivity index is 2.69. The monoisotopic (exact) mass is 299 g/mol. The van der Waals surface area contributed by atoms with Crippen LogP contribution in [0.3, 0.4) is 0 Å². The van der Waals surface area contributed by atoms with Crippen molar-refractivity contribution in [2.45, 2.75) is 25.9 Å². The van der Waals surface area contributed by atoms with Gasteiger partial charge in [0.15, 0.2) is 0 Å². The maximum atomic E-state index is 13.8. The van der Waals surface area contributed by atoms with Gasteiger partial charge in [-0.25, -0.2) is 9.18 Å². The van der Waals surface area contributed by atoms with Crippen LogP contribution in [0.4, 0.5) is 4.39 Å². The quantitative estimate of drug-likeness (QED) is 0.723. The van der Waals surface area contributed by atoms with E-state index in [1.54, 1.807) is 6.07 Å². The van der Waals surface area contributed by atoms with Crippen molar-refractivity contribution in [3.05, 3.63) is 35.1 Å². The molecular formula is C15H22FNO2S. The number of esters is 1. The maximum absolute atomic E-state index is 13.8. The number of hydrogen-bond donors (Lipinski definition) is 0. The van der Waals surface area contributed by atoms with E-state index in [2.05, 4.69) is 22.8 Å². The van der Waals surface area contributed by atoms with Crippen LogP contribution >= 0.6 is 11.8 Å². The Morgan fingerprint density at radius 1 is 1.50 bits per heavy atom. The normalized spacial score (nSPS) is 12.5. The van der Waals surface area contributed by atoms with Crippen molar-refractivity contribution in [1.29, 1.82) is 0 Å². The topological polar surface area (TPSA) is 29.5 Å². The van der Waals surface area contributed by atoms with Crippen LogP contribution < -0.4 is 0 Å². The highest BCUT2D eigenvalue weighted by Crippen LogP contribution is 2.15. The Kier molecular flexibility index (Phi) is 7.02. The summed E-state index contributed by atoms with van der Waals surface area (Å²) in [6, 6.07) is 5.10. The third-order valence-corrected chi connectivity index (χ3v) is 4.01. The first-order valence-electron chi connectivity index (χ1n) is 6.55. The summed E-state index contributed by atoms with van der Waals surface area (Å²) in [5.41, 5.74) is 0.836. The van der Waals surface area contributed by atoms with Gasteiger partial charge < -0.3 is 4.74 Å². The summed E-state index contributed by atoms with van der Waals surface area (Å²) in [4.78, 5) is 13.5. The summed E-state index contributed by atoms with van der Waals surface area (Å²) in [5.74, 6) is -0.0588. The van der Waals surface area contributed by atoms with E-state index in [0.717, 1.165) is 17.7 Å². The zero-order valence-electron chi connectivity index (χ0n) is 12.5. The first-order valence-corrected chi connectivity index (χ1v) is 7.95. The standard InChI is InChI=1S/C15H22FNO2S/c1-11(7-8-20-4)17(2)10-12-5-6-13(14(16)9-12)15(18)19-3/h5-6,9,11H,7-8,10H2,1-4H3. The second kappa shape index (κ2) is 8.27. The molecule has 1 aromatic rings. The summed E-state index contributed by atoms with van der Waals surface area (Å²) in [5, 5.41) is 0. The van der Waals surface area contributed by atoms with Crippen LogP contribution in [0.5, 0.6) is 0 Å². The molecule has 1 atom stereocenters. The molecule has 112 valence electrons. The van der Waals surface area contributed by atoms with E-state index in [0.29, 0.717) is 12.6 Å². The highest BCUT2D eigenvalue weighted by atomic mass is 32.2. The molecule has 0 saturated carbocycles. The average Bonchev–Trinajstić information content (AvgIpc) is 2.44. The van der Waals surface area contributed by atoms with Gasteiger partial charge in [0.1, 0.15) is 5.82 Å². The lowest BCUT2D eigenvalue weighted by Crippen LogP contribution is -2.29. The molecule has 0 radical (unpaired) electrons. The lowest BCUT2D eigenvalue weighted by atomic mass is 10.1. The molecule has 0 aliphatic carbocycles. The van der Waals surface area contributed by atoms with E-state index in [1.165, 1.54) is 19.2 Å². The van der Waals surface area contributed by atoms with E-state index in [-0.39, 0.29) is 5.56 Å². The molecule has 0 aliphatic heterocycles. The summed E-state index contributed by atoms with van der Waals surface area (Å²) >= 11 is 1.83. The first-order chi connectivity index (χ1) is 9.49. The molecule has 0 heterocycles. The number of methoxy groups -OCH3 is 1. The molecule has 0 spiro atoms. The number of benzene rings is 1. The van der Waals surface area contributed by atoms with Crippen LogP contribution in [0, 0.1) is 5.82 Å². The van der Waals surface area contributed by atoms with Crippen LogP contribution in [0.15, 0.2) is 18.2 Å². The molecule has 0 fully saturated rings. The lowest BCUT2D eigenvalue weighted by Gasteiger charge is -2.24. The summed E-state index contributed by atoms with van der Waals surface area (Å²) < 4.78 is 18.3. The molecule has 0 bridgehead atoms. The molecule has 3 nitrogen and oxygen atoms in total. The third kappa shape index (κ3) is 4.80. The van der Waals surface area contributed by atoms with Crippen LogP contribution in [0.1, 0.15) is 29.3 Å². The zero-order valence-corrected chi connectivity index (χ0v) is 13.3. The predicted octanol–water partition coefficient (Wildman–Crippen LogP) is 3.19. The molecule has 0 N–H and O–H groups in total. The van der Waals surface area contributed by atoms with Crippen LogP contribution in [0.2, 0.25) is 0 Å². The number of nitrogens with zero attached hydrogens (tertiary/aromatic N) is 1. The van der Waals surface area contributed by atoms with E-state index in [4.69, 9.17) is 0 Å².